The van der Waals surface area contributed by atoms with Gasteiger partial charge in [0.25, 0.3) is 5.91 Å². The molecule has 0 fully saturated rings. The number of amides is 1. The number of aromatic nitrogens is 2. The van der Waals surface area contributed by atoms with Crippen molar-refractivity contribution in [3.05, 3.63) is 94.5 Å². The van der Waals surface area contributed by atoms with E-state index < -0.39 is 0 Å². The quantitative estimate of drug-likeness (QED) is 0.603. The standard InChI is InChI=1S/C21H20ClN3O/c1-2-16-5-7-17(8-6-16)14-25(15-18-4-3-11-23-12-18)21(26)19-9-10-20(22)24-13-19/h3-13H,2,14-15H2,1H3. The largest absolute Gasteiger partial charge is 0.330 e. The first-order valence-electron chi connectivity index (χ1n) is 8.53. The van der Waals surface area contributed by atoms with Crippen molar-refractivity contribution >= 4 is 17.5 Å². The Morgan fingerprint density at radius 1 is 0.962 bits per heavy atom. The van der Waals surface area contributed by atoms with Gasteiger partial charge in [0.15, 0.2) is 0 Å². The topological polar surface area (TPSA) is 46.1 Å². The van der Waals surface area contributed by atoms with E-state index in [4.69, 9.17) is 11.6 Å². The van der Waals surface area contributed by atoms with Gasteiger partial charge in [0.2, 0.25) is 0 Å². The monoisotopic (exact) mass is 365 g/mol. The van der Waals surface area contributed by atoms with Crippen molar-refractivity contribution in [1.82, 2.24) is 14.9 Å². The second kappa shape index (κ2) is 8.59. The first-order chi connectivity index (χ1) is 12.7. The molecule has 5 heteroatoms. The maximum atomic E-state index is 13.0. The zero-order valence-corrected chi connectivity index (χ0v) is 15.4. The van der Waals surface area contributed by atoms with Crippen molar-refractivity contribution in [2.45, 2.75) is 26.4 Å². The molecule has 0 saturated carbocycles. The number of aryl methyl sites for hydroxylation is 1. The summed E-state index contributed by atoms with van der Waals surface area (Å²) in [6, 6.07) is 15.5. The first kappa shape index (κ1) is 18.1. The van der Waals surface area contributed by atoms with Gasteiger partial charge in [-0.25, -0.2) is 4.98 Å². The highest BCUT2D eigenvalue weighted by molar-refractivity contribution is 6.29. The molecule has 2 aromatic heterocycles. The lowest BCUT2D eigenvalue weighted by molar-refractivity contribution is 0.0729. The van der Waals surface area contributed by atoms with Crippen molar-refractivity contribution in [2.24, 2.45) is 0 Å². The van der Waals surface area contributed by atoms with Crippen molar-refractivity contribution in [1.29, 1.82) is 0 Å². The van der Waals surface area contributed by atoms with Crippen LogP contribution in [0, 0.1) is 0 Å². The Labute approximate surface area is 158 Å². The molecule has 1 aromatic carbocycles. The predicted molar refractivity (Wildman–Crippen MR) is 103 cm³/mol. The molecule has 132 valence electrons. The maximum absolute atomic E-state index is 13.0. The fourth-order valence-electron chi connectivity index (χ4n) is 2.70. The summed E-state index contributed by atoms with van der Waals surface area (Å²) in [6.07, 6.45) is 6.01. The molecule has 26 heavy (non-hydrogen) atoms. The average Bonchev–Trinajstić information content (AvgIpc) is 2.69. The Morgan fingerprint density at radius 2 is 1.69 bits per heavy atom. The highest BCUT2D eigenvalue weighted by atomic mass is 35.5. The molecule has 0 N–H and O–H groups in total. The van der Waals surface area contributed by atoms with Crippen molar-refractivity contribution in [3.63, 3.8) is 0 Å². The van der Waals surface area contributed by atoms with Crippen LogP contribution in [0.15, 0.2) is 67.1 Å². The van der Waals surface area contributed by atoms with Gasteiger partial charge in [-0.1, -0.05) is 48.9 Å². The van der Waals surface area contributed by atoms with E-state index in [1.54, 1.807) is 29.4 Å². The van der Waals surface area contributed by atoms with Gasteiger partial charge in [-0.15, -0.1) is 0 Å². The van der Waals surface area contributed by atoms with E-state index in [0.717, 1.165) is 17.5 Å². The molecule has 3 aromatic rings. The molecule has 3 rings (SSSR count). The van der Waals surface area contributed by atoms with Crippen LogP contribution in [0.3, 0.4) is 0 Å². The molecule has 0 saturated heterocycles. The van der Waals surface area contributed by atoms with Gasteiger partial charge in [0, 0.05) is 31.7 Å². The summed E-state index contributed by atoms with van der Waals surface area (Å²) >= 11 is 5.84. The van der Waals surface area contributed by atoms with Crippen LogP contribution in [0.1, 0.15) is 34.0 Å². The normalized spacial score (nSPS) is 10.5. The Morgan fingerprint density at radius 3 is 2.31 bits per heavy atom. The molecule has 0 spiro atoms. The number of nitrogens with zero attached hydrogens (tertiary/aromatic N) is 3. The first-order valence-corrected chi connectivity index (χ1v) is 8.91. The van der Waals surface area contributed by atoms with Crippen LogP contribution in [0.5, 0.6) is 0 Å². The number of hydrogen-bond donors (Lipinski definition) is 0. The molecule has 0 aliphatic heterocycles. The van der Waals surface area contributed by atoms with Crippen LogP contribution in [0.25, 0.3) is 0 Å². The van der Waals surface area contributed by atoms with Crippen LogP contribution in [-0.4, -0.2) is 20.8 Å². The predicted octanol–water partition coefficient (Wildman–Crippen LogP) is 4.54. The number of halogens is 1. The Bertz CT molecular complexity index is 849. The molecule has 0 radical (unpaired) electrons. The average molecular weight is 366 g/mol. The summed E-state index contributed by atoms with van der Waals surface area (Å²) in [5.74, 6) is -0.0856. The van der Waals surface area contributed by atoms with E-state index in [2.05, 4.69) is 41.2 Å². The molecule has 0 unspecified atom stereocenters. The number of rotatable bonds is 6. The minimum atomic E-state index is -0.0856. The number of pyridine rings is 2. The van der Waals surface area contributed by atoms with Gasteiger partial charge in [-0.3, -0.25) is 9.78 Å². The highest BCUT2D eigenvalue weighted by Crippen LogP contribution is 2.15. The van der Waals surface area contributed by atoms with Gasteiger partial charge in [-0.05, 0) is 41.3 Å². The Kier molecular flexibility index (Phi) is 5.97. The summed E-state index contributed by atoms with van der Waals surface area (Å²) in [6.45, 7) is 3.12. The molecule has 0 aliphatic rings. The molecule has 0 atom stereocenters. The van der Waals surface area contributed by atoms with E-state index in [-0.39, 0.29) is 5.91 Å². The smallest absolute Gasteiger partial charge is 0.256 e. The van der Waals surface area contributed by atoms with Crippen molar-refractivity contribution in [2.75, 3.05) is 0 Å². The van der Waals surface area contributed by atoms with Crippen LogP contribution in [-0.2, 0) is 19.5 Å². The lowest BCUT2D eigenvalue weighted by atomic mass is 10.1. The third-order valence-electron chi connectivity index (χ3n) is 4.16. The van der Waals surface area contributed by atoms with Gasteiger partial charge in [0.1, 0.15) is 5.15 Å². The fourth-order valence-corrected chi connectivity index (χ4v) is 2.81. The fraction of sp³-hybridized carbons (Fsp3) is 0.190. The SMILES string of the molecule is CCc1ccc(CN(Cc2cccnc2)C(=O)c2ccc(Cl)nc2)cc1. The van der Waals surface area contributed by atoms with Crippen LogP contribution >= 0.6 is 11.6 Å². The van der Waals surface area contributed by atoms with E-state index in [1.165, 1.54) is 11.8 Å². The summed E-state index contributed by atoms with van der Waals surface area (Å²) in [5.41, 5.74) is 3.86. The molecular weight excluding hydrogens is 346 g/mol. The summed E-state index contributed by atoms with van der Waals surface area (Å²) in [7, 11) is 0. The van der Waals surface area contributed by atoms with Gasteiger partial charge >= 0.3 is 0 Å². The third-order valence-corrected chi connectivity index (χ3v) is 4.39. The number of hydrogen-bond acceptors (Lipinski definition) is 3. The zero-order chi connectivity index (χ0) is 18.4. The Hall–Kier alpha value is -2.72. The van der Waals surface area contributed by atoms with Gasteiger partial charge < -0.3 is 4.90 Å². The van der Waals surface area contributed by atoms with Crippen LogP contribution < -0.4 is 0 Å². The van der Waals surface area contributed by atoms with Crippen molar-refractivity contribution < 1.29 is 4.79 Å². The molecule has 0 aliphatic carbocycles. The van der Waals surface area contributed by atoms with Crippen molar-refractivity contribution in [3.8, 4) is 0 Å². The highest BCUT2D eigenvalue weighted by Gasteiger charge is 2.17. The molecule has 2 heterocycles. The zero-order valence-electron chi connectivity index (χ0n) is 14.6. The minimum absolute atomic E-state index is 0.0856. The maximum Gasteiger partial charge on any atom is 0.256 e. The van der Waals surface area contributed by atoms with E-state index in [0.29, 0.717) is 23.8 Å². The van der Waals surface area contributed by atoms with Gasteiger partial charge in [0.05, 0.1) is 5.56 Å². The molecule has 1 amide bonds. The lowest BCUT2D eigenvalue weighted by Gasteiger charge is -2.23. The van der Waals surface area contributed by atoms with Crippen LogP contribution in [0.2, 0.25) is 5.15 Å². The summed E-state index contributed by atoms with van der Waals surface area (Å²) in [4.78, 5) is 23.0. The summed E-state index contributed by atoms with van der Waals surface area (Å²) in [5, 5.41) is 0.371. The number of carbonyl (C=O) groups is 1. The van der Waals surface area contributed by atoms with Crippen LogP contribution in [0.4, 0.5) is 0 Å². The van der Waals surface area contributed by atoms with E-state index >= 15 is 0 Å². The second-order valence-corrected chi connectivity index (χ2v) is 6.45. The Balaban J connectivity index is 1.84. The lowest BCUT2D eigenvalue weighted by Crippen LogP contribution is -2.30. The van der Waals surface area contributed by atoms with E-state index in [1.807, 2.05) is 12.1 Å². The molecule has 0 bridgehead atoms. The number of carbonyl (C=O) groups excluding carboxylic acids is 1. The third kappa shape index (κ3) is 4.67. The van der Waals surface area contributed by atoms with Gasteiger partial charge in [-0.2, -0.15) is 0 Å². The summed E-state index contributed by atoms with van der Waals surface area (Å²) < 4.78 is 0. The second-order valence-electron chi connectivity index (χ2n) is 6.06. The number of benzene rings is 1. The molecule has 4 nitrogen and oxygen atoms in total. The minimum Gasteiger partial charge on any atom is -0.330 e. The van der Waals surface area contributed by atoms with E-state index in [9.17, 15) is 4.79 Å². The molecular formula is C21H20ClN3O.